The van der Waals surface area contributed by atoms with Gasteiger partial charge in [-0.1, -0.05) is 23.2 Å². The van der Waals surface area contributed by atoms with Gasteiger partial charge in [-0.3, -0.25) is 0 Å². The summed E-state index contributed by atoms with van der Waals surface area (Å²) in [6.45, 7) is 3.12. The molecule has 1 aliphatic heterocycles. The molecule has 1 heterocycles. The lowest BCUT2D eigenvalue weighted by Crippen LogP contribution is -2.38. The monoisotopic (exact) mass is 352 g/mol. The standard InChI is InChI=1S/C13H18Cl2N2O3S/c1-8(9-4-5-20-7-9)17-21(18,19)12-3-2-11(14)10(6-16)13(12)15/h2-3,8-9,17H,4-7,16H2,1H3. The number of nitrogens with one attached hydrogen (secondary N) is 1. The number of ether oxygens (including phenoxy) is 1. The Hall–Kier alpha value is -0.370. The second kappa shape index (κ2) is 6.81. The van der Waals surface area contributed by atoms with E-state index in [1.165, 1.54) is 12.1 Å². The van der Waals surface area contributed by atoms with Crippen LogP contribution in [0.4, 0.5) is 0 Å². The summed E-state index contributed by atoms with van der Waals surface area (Å²) in [7, 11) is -3.73. The highest BCUT2D eigenvalue weighted by Gasteiger charge is 2.28. The molecule has 0 radical (unpaired) electrons. The summed E-state index contributed by atoms with van der Waals surface area (Å²) in [6.07, 6.45) is 0.839. The molecule has 0 amide bonds. The third kappa shape index (κ3) is 3.70. The fourth-order valence-electron chi connectivity index (χ4n) is 2.32. The van der Waals surface area contributed by atoms with Crippen molar-refractivity contribution in [1.29, 1.82) is 0 Å². The molecule has 118 valence electrons. The van der Waals surface area contributed by atoms with Crippen molar-refractivity contribution in [2.24, 2.45) is 11.7 Å². The Kier molecular flexibility index (Phi) is 5.51. The van der Waals surface area contributed by atoms with E-state index in [2.05, 4.69) is 4.72 Å². The van der Waals surface area contributed by atoms with Gasteiger partial charge in [0, 0.05) is 35.7 Å². The molecule has 0 saturated carbocycles. The Morgan fingerprint density at radius 1 is 1.48 bits per heavy atom. The summed E-state index contributed by atoms with van der Waals surface area (Å²) in [6, 6.07) is 2.66. The van der Waals surface area contributed by atoms with Gasteiger partial charge in [0.15, 0.2) is 0 Å². The summed E-state index contributed by atoms with van der Waals surface area (Å²) < 4.78 is 32.9. The molecule has 0 spiro atoms. The number of rotatable bonds is 5. The number of nitrogens with two attached hydrogens (primary N) is 1. The molecule has 1 fully saturated rings. The van der Waals surface area contributed by atoms with Crippen molar-refractivity contribution < 1.29 is 13.2 Å². The molecule has 0 aromatic heterocycles. The lowest BCUT2D eigenvalue weighted by molar-refractivity contribution is 0.180. The topological polar surface area (TPSA) is 81.4 Å². The van der Waals surface area contributed by atoms with Crippen molar-refractivity contribution in [3.8, 4) is 0 Å². The van der Waals surface area contributed by atoms with Crippen LogP contribution in [0.1, 0.15) is 18.9 Å². The number of hydrogen-bond donors (Lipinski definition) is 2. The van der Waals surface area contributed by atoms with Gasteiger partial charge >= 0.3 is 0 Å². The molecule has 0 aliphatic carbocycles. The molecule has 2 unspecified atom stereocenters. The van der Waals surface area contributed by atoms with E-state index in [9.17, 15) is 8.42 Å². The number of sulfonamides is 1. The Bertz CT molecular complexity index is 616. The zero-order chi connectivity index (χ0) is 15.6. The third-order valence-corrected chi connectivity index (χ3v) is 6.16. The maximum atomic E-state index is 12.5. The summed E-state index contributed by atoms with van der Waals surface area (Å²) in [5.41, 5.74) is 5.99. The van der Waals surface area contributed by atoms with Crippen LogP contribution in [0.2, 0.25) is 10.0 Å². The molecule has 21 heavy (non-hydrogen) atoms. The van der Waals surface area contributed by atoms with Crippen molar-refractivity contribution in [3.05, 3.63) is 27.7 Å². The quantitative estimate of drug-likeness (QED) is 0.850. The summed E-state index contributed by atoms with van der Waals surface area (Å²) in [4.78, 5) is -0.000202. The zero-order valence-corrected chi connectivity index (χ0v) is 13.9. The van der Waals surface area contributed by atoms with Crippen LogP contribution in [0, 0.1) is 5.92 Å². The van der Waals surface area contributed by atoms with Gasteiger partial charge in [-0.05, 0) is 25.5 Å². The Morgan fingerprint density at radius 3 is 2.76 bits per heavy atom. The van der Waals surface area contributed by atoms with Gasteiger partial charge < -0.3 is 10.5 Å². The Morgan fingerprint density at radius 2 is 2.19 bits per heavy atom. The maximum absolute atomic E-state index is 12.5. The SMILES string of the molecule is CC(NS(=O)(=O)c1ccc(Cl)c(CN)c1Cl)C1CCOC1. The minimum atomic E-state index is -3.73. The summed E-state index contributed by atoms with van der Waals surface area (Å²) in [5.74, 6) is 0.167. The molecule has 1 aromatic rings. The van der Waals surface area contributed by atoms with Crippen LogP contribution in [-0.4, -0.2) is 27.7 Å². The Labute approximate surface area is 134 Å². The molecule has 2 atom stereocenters. The molecule has 1 saturated heterocycles. The summed E-state index contributed by atoms with van der Waals surface area (Å²) in [5, 5.41) is 0.436. The predicted octanol–water partition coefficient (Wildman–Crippen LogP) is 2.16. The van der Waals surface area contributed by atoms with Gasteiger partial charge in [0.25, 0.3) is 0 Å². The van der Waals surface area contributed by atoms with Gasteiger partial charge in [-0.25, -0.2) is 13.1 Å². The lowest BCUT2D eigenvalue weighted by Gasteiger charge is -2.20. The molecule has 2 rings (SSSR count). The minimum Gasteiger partial charge on any atom is -0.381 e. The largest absolute Gasteiger partial charge is 0.381 e. The van der Waals surface area contributed by atoms with E-state index in [1.54, 1.807) is 0 Å². The van der Waals surface area contributed by atoms with Gasteiger partial charge in [0.2, 0.25) is 10.0 Å². The van der Waals surface area contributed by atoms with Crippen LogP contribution in [0.15, 0.2) is 17.0 Å². The molecule has 3 N–H and O–H groups in total. The van der Waals surface area contributed by atoms with Crippen molar-refractivity contribution in [3.63, 3.8) is 0 Å². The van der Waals surface area contributed by atoms with Crippen LogP contribution >= 0.6 is 23.2 Å². The van der Waals surface area contributed by atoms with E-state index in [4.69, 9.17) is 33.7 Å². The smallest absolute Gasteiger partial charge is 0.242 e. The number of hydrogen-bond acceptors (Lipinski definition) is 4. The van der Waals surface area contributed by atoms with E-state index in [0.717, 1.165) is 6.42 Å². The van der Waals surface area contributed by atoms with E-state index in [-0.39, 0.29) is 28.4 Å². The van der Waals surface area contributed by atoms with E-state index >= 15 is 0 Å². The molecular weight excluding hydrogens is 335 g/mol. The molecular formula is C13H18Cl2N2O3S. The van der Waals surface area contributed by atoms with E-state index < -0.39 is 10.0 Å². The average molecular weight is 353 g/mol. The van der Waals surface area contributed by atoms with Gasteiger partial charge in [0.05, 0.1) is 11.6 Å². The first kappa shape index (κ1) is 17.0. The normalized spacial score (nSPS) is 20.7. The first-order valence-electron chi connectivity index (χ1n) is 6.64. The summed E-state index contributed by atoms with van der Waals surface area (Å²) >= 11 is 12.1. The van der Waals surface area contributed by atoms with Crippen molar-refractivity contribution in [1.82, 2.24) is 4.72 Å². The number of benzene rings is 1. The van der Waals surface area contributed by atoms with Crippen LogP contribution < -0.4 is 10.5 Å². The zero-order valence-electron chi connectivity index (χ0n) is 11.6. The molecule has 1 aliphatic rings. The highest BCUT2D eigenvalue weighted by Crippen LogP contribution is 2.31. The van der Waals surface area contributed by atoms with Gasteiger partial charge in [-0.15, -0.1) is 0 Å². The van der Waals surface area contributed by atoms with Crippen molar-refractivity contribution >= 4 is 33.2 Å². The van der Waals surface area contributed by atoms with E-state index in [1.807, 2.05) is 6.92 Å². The third-order valence-electron chi connectivity index (χ3n) is 3.66. The molecule has 0 bridgehead atoms. The molecule has 1 aromatic carbocycles. The molecule has 8 heteroatoms. The second-order valence-corrected chi connectivity index (χ2v) is 7.54. The van der Waals surface area contributed by atoms with E-state index in [0.29, 0.717) is 23.8 Å². The lowest BCUT2D eigenvalue weighted by atomic mass is 10.0. The first-order valence-corrected chi connectivity index (χ1v) is 8.87. The van der Waals surface area contributed by atoms with Gasteiger partial charge in [-0.2, -0.15) is 0 Å². The minimum absolute atomic E-state index is 0.000202. The fraction of sp³-hybridized carbons (Fsp3) is 0.538. The number of halogens is 2. The van der Waals surface area contributed by atoms with Crippen LogP contribution in [0.5, 0.6) is 0 Å². The maximum Gasteiger partial charge on any atom is 0.242 e. The predicted molar refractivity (Wildman–Crippen MR) is 83.1 cm³/mol. The molecule has 5 nitrogen and oxygen atoms in total. The fourth-order valence-corrected chi connectivity index (χ4v) is 4.57. The second-order valence-electron chi connectivity index (χ2n) is 5.08. The van der Waals surface area contributed by atoms with Crippen molar-refractivity contribution in [2.45, 2.75) is 30.8 Å². The van der Waals surface area contributed by atoms with Gasteiger partial charge in [0.1, 0.15) is 4.90 Å². The highest BCUT2D eigenvalue weighted by atomic mass is 35.5. The first-order chi connectivity index (χ1) is 9.86. The Balaban J connectivity index is 2.27. The highest BCUT2D eigenvalue weighted by molar-refractivity contribution is 7.89. The average Bonchev–Trinajstić information content (AvgIpc) is 2.92. The van der Waals surface area contributed by atoms with Crippen LogP contribution in [0.25, 0.3) is 0 Å². The van der Waals surface area contributed by atoms with Crippen LogP contribution in [0.3, 0.4) is 0 Å². The van der Waals surface area contributed by atoms with Crippen molar-refractivity contribution in [2.75, 3.05) is 13.2 Å². The van der Waals surface area contributed by atoms with Crippen LogP contribution in [-0.2, 0) is 21.3 Å².